The van der Waals surface area contributed by atoms with Gasteiger partial charge in [0.05, 0.1) is 55.7 Å². The molecule has 0 aromatic heterocycles. The number of carbonyl (C=O) groups excluding carboxylic acids is 12. The minimum Gasteiger partial charge on any atom is -0.507 e. The minimum atomic E-state index is -2.41. The number of rotatable bonds is 25. The molecule has 0 spiro atoms. The molecule has 10 amide bonds. The molecule has 3 aromatic carbocycles. The van der Waals surface area contributed by atoms with Gasteiger partial charge >= 0.3 is 6.09 Å². The molecule has 9 rings (SSSR count). The van der Waals surface area contributed by atoms with E-state index in [1.165, 1.54) is 51.5 Å². The van der Waals surface area contributed by atoms with E-state index in [1.54, 1.807) is 32.9 Å². The first-order chi connectivity index (χ1) is 44.8. The summed E-state index contributed by atoms with van der Waals surface area (Å²) in [4.78, 5) is 158. The number of hydrogen-bond donors (Lipinski definition) is 11. The third-order valence-corrected chi connectivity index (χ3v) is 16.9. The van der Waals surface area contributed by atoms with Crippen molar-refractivity contribution >= 4 is 76.5 Å². The number of likely N-dealkylation sites (tertiary alicyclic amines) is 1. The van der Waals surface area contributed by atoms with Crippen LogP contribution in [0.5, 0.6) is 17.2 Å². The van der Waals surface area contributed by atoms with Crippen molar-refractivity contribution in [1.82, 2.24) is 47.0 Å². The number of alkyl carbamates (subject to hydrolysis) is 1. The van der Waals surface area contributed by atoms with Crippen LogP contribution in [0.3, 0.4) is 0 Å². The average Bonchev–Trinajstić information content (AvgIpc) is 0.787. The van der Waals surface area contributed by atoms with Crippen molar-refractivity contribution in [3.8, 4) is 17.2 Å². The Balaban J connectivity index is 0.696. The molecule has 0 unspecified atom stereocenters. The van der Waals surface area contributed by atoms with Gasteiger partial charge in [-0.3, -0.25) is 62.5 Å². The number of anilines is 1. The zero-order chi connectivity index (χ0) is 67.9. The van der Waals surface area contributed by atoms with E-state index in [1.807, 2.05) is 0 Å². The minimum absolute atomic E-state index is 0.0496. The van der Waals surface area contributed by atoms with Crippen LogP contribution < -0.4 is 47.3 Å². The highest BCUT2D eigenvalue weighted by Crippen LogP contribution is 2.53. The van der Waals surface area contributed by atoms with Crippen molar-refractivity contribution < 1.29 is 106 Å². The maximum Gasteiger partial charge on any atom is 0.407 e. The smallest absolute Gasteiger partial charge is 0.407 e. The quantitative estimate of drug-likeness (QED) is 0.0208. The molecule has 11 N–H and O–H groups in total. The summed E-state index contributed by atoms with van der Waals surface area (Å²) >= 11 is 0. The third-order valence-electron chi connectivity index (χ3n) is 16.9. The SMILES string of the molecule is COc1cccc2c1C(=O)c1c(O)c3c(c(O)c1C2=O)C[C@@](O)(C(=O)NCCNC(=O)CNC(=O)CNC(=O)CNC(=O)OCc1ccc(NC(=O)[C@H](C)NC(=O)[C@@H](NC(=O)CCN2C(=O)CCC2=O)C(C)C)cc1)C[C@@H]3O[C@H]1C[C@H]2[C@H](O[C@@H]3[C@@H](OC)OCCN32)[C@H](C)O1. The Hall–Kier alpha value is -9.18. The van der Waals surface area contributed by atoms with Crippen molar-refractivity contribution in [2.45, 2.75) is 134 Å². The number of benzene rings is 3. The van der Waals surface area contributed by atoms with Gasteiger partial charge in [-0.25, -0.2) is 4.79 Å². The second kappa shape index (κ2) is 29.8. The maximum atomic E-state index is 14.3. The molecule has 3 aromatic rings. The number of aliphatic hydroxyl groups is 1. The molecule has 506 valence electrons. The number of imide groups is 1. The van der Waals surface area contributed by atoms with Gasteiger partial charge in [0.2, 0.25) is 53.0 Å². The molecular weight excluding hydrogens is 1240 g/mol. The molecule has 0 radical (unpaired) electrons. The van der Waals surface area contributed by atoms with Gasteiger partial charge in [0.1, 0.15) is 54.2 Å². The van der Waals surface area contributed by atoms with E-state index in [4.69, 9.17) is 33.2 Å². The topological polar surface area (TPSA) is 433 Å². The van der Waals surface area contributed by atoms with Crippen molar-refractivity contribution in [1.29, 1.82) is 0 Å². The number of methoxy groups -OCH3 is 2. The fraction of sp³-hybridized carbons (Fsp3) is 0.516. The van der Waals surface area contributed by atoms with Crippen molar-refractivity contribution in [3.05, 3.63) is 81.4 Å². The predicted molar refractivity (Wildman–Crippen MR) is 322 cm³/mol. The molecule has 0 bridgehead atoms. The summed E-state index contributed by atoms with van der Waals surface area (Å²) in [5, 5.41) is 56.1. The first-order valence-electron chi connectivity index (χ1n) is 30.6. The van der Waals surface area contributed by atoms with E-state index in [2.05, 4.69) is 47.4 Å². The molecule has 94 heavy (non-hydrogen) atoms. The lowest BCUT2D eigenvalue weighted by Crippen LogP contribution is -2.55. The summed E-state index contributed by atoms with van der Waals surface area (Å²) < 4.78 is 41.1. The number of ether oxygens (including phenoxy) is 7. The highest BCUT2D eigenvalue weighted by Gasteiger charge is 2.55. The maximum absolute atomic E-state index is 14.3. The molecular formula is C62H76N10O22. The van der Waals surface area contributed by atoms with E-state index in [9.17, 15) is 72.9 Å². The normalized spacial score (nSPS) is 23.4. The molecule has 4 saturated heterocycles. The van der Waals surface area contributed by atoms with Crippen molar-refractivity contribution in [3.63, 3.8) is 0 Å². The molecule has 4 fully saturated rings. The molecule has 0 saturated carbocycles. The second-order valence-corrected chi connectivity index (χ2v) is 23.7. The molecule has 4 heterocycles. The summed E-state index contributed by atoms with van der Waals surface area (Å²) in [6.07, 6.45) is -6.77. The summed E-state index contributed by atoms with van der Waals surface area (Å²) in [5.74, 6) is -9.16. The standard InChI is InChI=1S/C62H76N10O22/c1-29(2)50(70-39(73)16-19-72-43(77)14-15-44(72)78)57(84)68-30(3)56(83)69-33-12-10-32(11-13-33)28-91-61(86)67-27-42(76)66-26-41(75)65-25-40(74)63-17-18-64-60(85)62(87)23-35-47(54(82)49-48(52(35)80)51(79)34-8-7-9-37(88-5)46(34)53(49)81)38(24-62)93-45-22-36-55(31(4)92-45)94-58-59(89-6)90-21-20-71(36)58/h7-13,29-31,36,38,45,50,55,58-59,80,82,87H,14-28H2,1-6H3,(H,63,74)(H,64,85)(H,65,75)(H,66,76)(H,67,86)(H,68,84)(H,69,83)(H,70,73)/t30-,31-,36-,38-,45-,50-,55+,58+,59-,62-/m0/s1. The van der Waals surface area contributed by atoms with Crippen LogP contribution in [0.1, 0.15) is 114 Å². The fourth-order valence-electron chi connectivity index (χ4n) is 12.1. The molecule has 10 atom stereocenters. The van der Waals surface area contributed by atoms with Gasteiger partial charge in [-0.1, -0.05) is 38.1 Å². The molecule has 6 aliphatic rings. The number of carbonyl (C=O) groups is 12. The average molecular weight is 1310 g/mol. The molecule has 4 aliphatic heterocycles. The van der Waals surface area contributed by atoms with E-state index in [0.717, 1.165) is 4.90 Å². The number of ketones is 2. The third kappa shape index (κ3) is 15.4. The summed E-state index contributed by atoms with van der Waals surface area (Å²) in [6, 6.07) is 8.12. The zero-order valence-corrected chi connectivity index (χ0v) is 52.4. The number of phenols is 2. The van der Waals surface area contributed by atoms with Crippen LogP contribution in [0, 0.1) is 5.92 Å². The Morgan fingerprint density at radius 1 is 0.755 bits per heavy atom. The van der Waals surface area contributed by atoms with Crippen LogP contribution in [0.15, 0.2) is 42.5 Å². The number of fused-ring (bicyclic) bond motifs is 6. The number of nitrogens with zero attached hydrogens (tertiary/aromatic N) is 2. The van der Waals surface area contributed by atoms with Gasteiger partial charge in [0, 0.05) is 100 Å². The molecule has 32 heteroatoms. The van der Waals surface area contributed by atoms with Gasteiger partial charge in [0.15, 0.2) is 24.6 Å². The number of hydrogen-bond acceptors (Lipinski definition) is 23. The largest absolute Gasteiger partial charge is 0.507 e. The Labute approximate surface area is 538 Å². The summed E-state index contributed by atoms with van der Waals surface area (Å²) in [5.41, 5.74) is -3.26. The van der Waals surface area contributed by atoms with Gasteiger partial charge in [-0.15, -0.1) is 0 Å². The van der Waals surface area contributed by atoms with E-state index >= 15 is 0 Å². The van der Waals surface area contributed by atoms with E-state index in [-0.39, 0.29) is 104 Å². The van der Waals surface area contributed by atoms with Crippen molar-refractivity contribution in [2.24, 2.45) is 5.92 Å². The summed E-state index contributed by atoms with van der Waals surface area (Å²) in [6.45, 7) is 4.91. The lowest BCUT2D eigenvalue weighted by molar-refractivity contribution is -0.256. The Kier molecular flexibility index (Phi) is 22.0. The Bertz CT molecular complexity index is 3480. The molecule has 32 nitrogen and oxygen atoms in total. The van der Waals surface area contributed by atoms with Crippen molar-refractivity contribution in [2.75, 3.05) is 72.0 Å². The number of phenolic OH excluding ortho intramolecular Hbond substituents is 2. The van der Waals surface area contributed by atoms with E-state index in [0.29, 0.717) is 24.4 Å². The van der Waals surface area contributed by atoms with Crippen LogP contribution in [-0.4, -0.2) is 217 Å². The summed E-state index contributed by atoms with van der Waals surface area (Å²) in [7, 11) is 2.81. The van der Waals surface area contributed by atoms with Crippen LogP contribution in [0.2, 0.25) is 0 Å². The van der Waals surface area contributed by atoms with Crippen LogP contribution >= 0.6 is 0 Å². The first-order valence-corrected chi connectivity index (χ1v) is 30.6. The van der Waals surface area contributed by atoms with Crippen LogP contribution in [0.25, 0.3) is 0 Å². The van der Waals surface area contributed by atoms with Crippen LogP contribution in [-0.2, 0) is 84.6 Å². The highest BCUT2D eigenvalue weighted by molar-refractivity contribution is 6.31. The first kappa shape index (κ1) is 69.2. The molecule has 2 aliphatic carbocycles. The van der Waals surface area contributed by atoms with Gasteiger partial charge < -0.3 is 91.0 Å². The van der Waals surface area contributed by atoms with Gasteiger partial charge in [-0.2, -0.15) is 0 Å². The van der Waals surface area contributed by atoms with Crippen LogP contribution in [0.4, 0.5) is 10.5 Å². The number of nitrogens with one attached hydrogen (secondary N) is 8. The lowest BCUT2D eigenvalue weighted by Gasteiger charge is -2.43. The fourth-order valence-corrected chi connectivity index (χ4v) is 12.1. The van der Waals surface area contributed by atoms with E-state index < -0.39 is 169 Å². The van der Waals surface area contributed by atoms with Gasteiger partial charge in [-0.05, 0) is 43.5 Å². The van der Waals surface area contributed by atoms with Gasteiger partial charge in [0.25, 0.3) is 5.91 Å². The highest BCUT2D eigenvalue weighted by atomic mass is 16.7. The Morgan fingerprint density at radius 3 is 2.09 bits per heavy atom. The Morgan fingerprint density at radius 2 is 1.41 bits per heavy atom. The predicted octanol–water partition coefficient (Wildman–Crippen LogP) is -1.34. The monoisotopic (exact) mass is 1310 g/mol. The zero-order valence-electron chi connectivity index (χ0n) is 52.4. The number of amides is 10. The second-order valence-electron chi connectivity index (χ2n) is 23.7. The lowest BCUT2D eigenvalue weighted by atomic mass is 9.72. The number of morpholine rings is 1. The number of aromatic hydroxyl groups is 2.